The van der Waals surface area contributed by atoms with E-state index in [2.05, 4.69) is 27.6 Å². The molecule has 0 aromatic carbocycles. The second-order valence-corrected chi connectivity index (χ2v) is 0.525. The molecule has 0 unspecified atom stereocenters. The molecule has 5 heteroatoms. The maximum absolute atomic E-state index is 4.26. The van der Waals surface area contributed by atoms with E-state index in [9.17, 15) is 0 Å². The van der Waals surface area contributed by atoms with E-state index in [1.165, 1.54) is 0 Å². The van der Waals surface area contributed by atoms with E-state index >= 15 is 0 Å². The van der Waals surface area contributed by atoms with Gasteiger partial charge in [-0.1, -0.05) is 0 Å². The Morgan fingerprint density at radius 1 is 1.20 bits per heavy atom. The quantitative estimate of drug-likeness (QED) is 0.549. The molecule has 5 heavy (non-hydrogen) atoms. The molecule has 0 heterocycles. The number of halogens is 2. The molecule has 0 amide bonds. The molecule has 1 nitrogen and oxygen atoms in total. The molecule has 26 valence electrons. The van der Waals surface area contributed by atoms with Gasteiger partial charge < -0.3 is 0 Å². The molecule has 0 spiro atoms. The fraction of sp³-hybridized carbons (Fsp3) is 0. The van der Waals surface area contributed by atoms with Gasteiger partial charge in [-0.15, -0.1) is 0 Å². The molecule has 0 aliphatic rings. The van der Waals surface area contributed by atoms with Crippen LogP contribution in [0.2, 0.25) is 0 Å². The molecule has 0 saturated carbocycles. The third-order valence-electron chi connectivity index (χ3n) is 0. The summed E-state index contributed by atoms with van der Waals surface area (Å²) >= 11 is 8.53. The van der Waals surface area contributed by atoms with E-state index in [1.807, 2.05) is 0 Å². The fourth-order valence-corrected chi connectivity index (χ4v) is 0. The molecule has 0 aromatic heterocycles. The molecule has 0 aliphatic carbocycles. The maximum atomic E-state index is 4.26. The topological polar surface area (TPSA) is 9.23 Å². The average Bonchev–Trinajstić information content (AvgIpc) is 0.918. The molecular formula is CaCl2OZr. The van der Waals surface area contributed by atoms with Crippen LogP contribution in [0.4, 0.5) is 0 Å². The van der Waals surface area contributed by atoms with Crippen molar-refractivity contribution in [2.75, 3.05) is 0 Å². The first-order valence-corrected chi connectivity index (χ1v) is 0.926. The third-order valence-corrected chi connectivity index (χ3v) is 0. The van der Waals surface area contributed by atoms with Crippen molar-refractivity contribution in [3.05, 3.63) is 0 Å². The third kappa shape index (κ3) is 20.4. The molecule has 0 bridgehead atoms. The van der Waals surface area contributed by atoms with Crippen LogP contribution in [0.5, 0.6) is 0 Å². The minimum atomic E-state index is 0. The Kier molecular flexibility index (Phi) is 49.8. The minimum absolute atomic E-state index is 0. The van der Waals surface area contributed by atoms with Gasteiger partial charge in [0.15, 0.2) is 0 Å². The molecule has 0 saturated heterocycles. The van der Waals surface area contributed by atoms with E-state index < -0.39 is 0 Å². The van der Waals surface area contributed by atoms with Gasteiger partial charge in [0.2, 0.25) is 0 Å². The monoisotopic (exact) mass is 216 g/mol. The van der Waals surface area contributed by atoms with Gasteiger partial charge in [-0.3, -0.25) is 0 Å². The summed E-state index contributed by atoms with van der Waals surface area (Å²) in [5.74, 6) is 0. The molecule has 0 aliphatic heterocycles. The molecule has 0 atom stereocenters. The second-order valence-electron chi connectivity index (χ2n) is 0.0583. The van der Waals surface area contributed by atoms with Crippen molar-refractivity contribution in [2.24, 2.45) is 0 Å². The minimum Gasteiger partial charge on any atom is -0.166 e. The van der Waals surface area contributed by atoms with E-state index in [-0.39, 0.29) is 63.9 Å². The Hall–Kier alpha value is 2.68. The van der Waals surface area contributed by atoms with Crippen LogP contribution < -0.4 is 0 Å². The van der Waals surface area contributed by atoms with Crippen molar-refractivity contribution in [2.45, 2.75) is 0 Å². The van der Waals surface area contributed by atoms with Crippen molar-refractivity contribution in [3.63, 3.8) is 0 Å². The predicted octanol–water partition coefficient (Wildman–Crippen LogP) is 0.927. The zero-order chi connectivity index (χ0) is 2.71. The van der Waals surface area contributed by atoms with Crippen LogP contribution in [-0.2, 0) is 30.0 Å². The summed E-state index contributed by atoms with van der Waals surface area (Å²) in [4.78, 5) is 0. The predicted molar refractivity (Wildman–Crippen MR) is 18.5 cm³/mol. The van der Waals surface area contributed by atoms with Crippen LogP contribution in [0.15, 0.2) is 0 Å². The summed E-state index contributed by atoms with van der Waals surface area (Å²) in [5.41, 5.74) is 0. The zero-order valence-electron chi connectivity index (χ0n) is 2.37. The molecule has 0 fully saturated rings. The second kappa shape index (κ2) is 15.9. The SMILES string of the molecule is ClOCl.[Ca].[Zr]. The number of hydrogen-bond donors (Lipinski definition) is 0. The van der Waals surface area contributed by atoms with Gasteiger partial charge in [-0.2, -0.15) is 3.84 Å². The molecule has 0 rings (SSSR count). The molecule has 0 N–H and O–H groups in total. The van der Waals surface area contributed by atoms with Crippen LogP contribution in [0, 0.1) is 0 Å². The Morgan fingerprint density at radius 3 is 1.20 bits per heavy atom. The van der Waals surface area contributed by atoms with Crippen molar-refractivity contribution < 1.29 is 30.0 Å². The Balaban J connectivity index is -0.0000000200. The maximum Gasteiger partial charge on any atom is 0.0832 e. The van der Waals surface area contributed by atoms with E-state index in [0.29, 0.717) is 0 Å². The smallest absolute Gasteiger partial charge is 0.0832 e. The Labute approximate surface area is 89.8 Å². The largest absolute Gasteiger partial charge is 0.166 e. The first kappa shape index (κ1) is 15.6. The number of rotatable bonds is 0. The van der Waals surface area contributed by atoms with Gasteiger partial charge in [0.25, 0.3) is 0 Å². The van der Waals surface area contributed by atoms with Gasteiger partial charge in [0.05, 0.1) is 23.7 Å². The zero-order valence-corrected chi connectivity index (χ0v) is 8.55. The first-order chi connectivity index (χ1) is 1.41. The van der Waals surface area contributed by atoms with Gasteiger partial charge in [-0.25, -0.2) is 0 Å². The summed E-state index contributed by atoms with van der Waals surface area (Å²) < 4.78 is 3.19. The van der Waals surface area contributed by atoms with Crippen molar-refractivity contribution >= 4 is 61.5 Å². The van der Waals surface area contributed by atoms with Crippen molar-refractivity contribution in [1.29, 1.82) is 0 Å². The summed E-state index contributed by atoms with van der Waals surface area (Å²) in [5, 5.41) is 0. The summed E-state index contributed by atoms with van der Waals surface area (Å²) in [6.07, 6.45) is 0. The van der Waals surface area contributed by atoms with Crippen LogP contribution in [0.25, 0.3) is 0 Å². The average molecular weight is 218 g/mol. The van der Waals surface area contributed by atoms with Gasteiger partial charge in [0.1, 0.15) is 0 Å². The van der Waals surface area contributed by atoms with Crippen LogP contribution >= 0.6 is 23.7 Å². The fourth-order valence-electron chi connectivity index (χ4n) is 0. The van der Waals surface area contributed by atoms with E-state index in [0.717, 1.165) is 0 Å². The van der Waals surface area contributed by atoms with Crippen LogP contribution in [0.3, 0.4) is 0 Å². The standard InChI is InChI=1S/Ca.Cl2O.Zr/c;1-3-2;. The van der Waals surface area contributed by atoms with Crippen LogP contribution in [-0.4, -0.2) is 37.7 Å². The van der Waals surface area contributed by atoms with Gasteiger partial charge >= 0.3 is 0 Å². The van der Waals surface area contributed by atoms with Crippen molar-refractivity contribution in [1.82, 2.24) is 0 Å². The molecule has 0 aromatic rings. The van der Waals surface area contributed by atoms with E-state index in [4.69, 9.17) is 0 Å². The number of hydrogen-bond acceptors (Lipinski definition) is 1. The molecular weight excluding hydrogens is 218 g/mol. The first-order valence-electron chi connectivity index (χ1n) is 0.309. The normalized spacial score (nSPS) is 3.60. The van der Waals surface area contributed by atoms with Gasteiger partial charge in [-0.05, 0) is 0 Å². The molecule has 2 radical (unpaired) electrons. The summed E-state index contributed by atoms with van der Waals surface area (Å²) in [7, 11) is 0. The Morgan fingerprint density at radius 2 is 1.20 bits per heavy atom. The van der Waals surface area contributed by atoms with Gasteiger partial charge in [0, 0.05) is 63.9 Å². The van der Waals surface area contributed by atoms with Crippen LogP contribution in [0.1, 0.15) is 0 Å². The van der Waals surface area contributed by atoms with Crippen molar-refractivity contribution in [3.8, 4) is 0 Å². The Bertz CT molecular complexity index is 9.61. The van der Waals surface area contributed by atoms with E-state index in [1.54, 1.807) is 0 Å². The summed E-state index contributed by atoms with van der Waals surface area (Å²) in [6, 6.07) is 0. The summed E-state index contributed by atoms with van der Waals surface area (Å²) in [6.45, 7) is 0.